The number of rotatable bonds is 2. The number of benzene rings is 1. The van der Waals surface area contributed by atoms with Crippen LogP contribution in [-0.2, 0) is 0 Å². The van der Waals surface area contributed by atoms with Crippen molar-refractivity contribution >= 4 is 58.2 Å². The van der Waals surface area contributed by atoms with E-state index in [1.165, 1.54) is 0 Å². The molecule has 0 aliphatic carbocycles. The molecule has 1 aromatic carbocycles. The Morgan fingerprint density at radius 3 is 1.56 bits per heavy atom. The summed E-state index contributed by atoms with van der Waals surface area (Å²) in [4.78, 5) is 22.3. The minimum absolute atomic E-state index is 0.136. The van der Waals surface area contributed by atoms with E-state index in [1.807, 2.05) is 0 Å². The second-order valence-electron chi connectivity index (χ2n) is 2.87. The van der Waals surface area contributed by atoms with Crippen LogP contribution < -0.4 is 0 Å². The third-order valence-corrected chi connectivity index (χ3v) is 3.64. The summed E-state index contributed by atoms with van der Waals surface area (Å²) in [7, 11) is 0. The van der Waals surface area contributed by atoms with Crippen molar-refractivity contribution in [1.82, 2.24) is 0 Å². The fraction of sp³-hybridized carbons (Fsp3) is 0.111. The summed E-state index contributed by atoms with van der Waals surface area (Å²) in [6, 6.07) is 0. The highest BCUT2D eigenvalue weighted by Gasteiger charge is 2.26. The average molecular weight is 302 g/mol. The Balaban J connectivity index is 3.83. The molecule has 1 rings (SSSR count). The van der Waals surface area contributed by atoms with E-state index in [0.717, 1.165) is 6.92 Å². The van der Waals surface area contributed by atoms with Gasteiger partial charge in [-0.05, 0) is 6.92 Å². The molecule has 7 heteroatoms. The van der Waals surface area contributed by atoms with Gasteiger partial charge in [-0.1, -0.05) is 46.4 Å². The summed E-state index contributed by atoms with van der Waals surface area (Å²) in [6.07, 6.45) is 0. The molecule has 0 fully saturated rings. The van der Waals surface area contributed by atoms with Crippen molar-refractivity contribution in [1.29, 1.82) is 0 Å². The zero-order valence-electron chi connectivity index (χ0n) is 7.78. The zero-order chi connectivity index (χ0) is 12.6. The molecule has 0 aliphatic rings. The van der Waals surface area contributed by atoms with Crippen molar-refractivity contribution in [3.05, 3.63) is 31.2 Å². The molecule has 0 amide bonds. The molecule has 0 saturated carbocycles. The predicted molar refractivity (Wildman–Crippen MR) is 63.4 cm³/mol. The molecule has 0 heterocycles. The average Bonchev–Trinajstić information content (AvgIpc) is 2.18. The molecule has 86 valence electrons. The van der Waals surface area contributed by atoms with Gasteiger partial charge in [0.1, 0.15) is 0 Å². The maximum Gasteiger partial charge on any atom is 0.338 e. The Kier molecular flexibility index (Phi) is 4.07. The maximum atomic E-state index is 11.3. The first-order valence-electron chi connectivity index (χ1n) is 3.89. The van der Waals surface area contributed by atoms with Gasteiger partial charge in [-0.2, -0.15) is 0 Å². The minimum Gasteiger partial charge on any atom is -0.478 e. The number of carboxylic acids is 1. The zero-order valence-corrected chi connectivity index (χ0v) is 10.8. The van der Waals surface area contributed by atoms with E-state index in [1.54, 1.807) is 0 Å². The van der Waals surface area contributed by atoms with E-state index in [2.05, 4.69) is 0 Å². The van der Waals surface area contributed by atoms with E-state index < -0.39 is 17.3 Å². The molecule has 0 aliphatic heterocycles. The number of carbonyl (C=O) groups excluding carboxylic acids is 1. The number of ketones is 1. The SMILES string of the molecule is CC(=O)c1c(Cl)c(Cl)c(Cl)c(Cl)c1C(=O)O. The van der Waals surface area contributed by atoms with Crippen molar-refractivity contribution in [3.8, 4) is 0 Å². The van der Waals surface area contributed by atoms with Crippen LogP contribution in [0.15, 0.2) is 0 Å². The molecule has 1 N–H and O–H groups in total. The van der Waals surface area contributed by atoms with Gasteiger partial charge >= 0.3 is 5.97 Å². The predicted octanol–water partition coefficient (Wildman–Crippen LogP) is 4.20. The molecule has 0 unspecified atom stereocenters. The third kappa shape index (κ3) is 2.13. The second-order valence-corrected chi connectivity index (χ2v) is 4.38. The molecule has 16 heavy (non-hydrogen) atoms. The molecule has 0 saturated heterocycles. The van der Waals surface area contributed by atoms with E-state index >= 15 is 0 Å². The van der Waals surface area contributed by atoms with Crippen molar-refractivity contribution in [2.45, 2.75) is 6.92 Å². The van der Waals surface area contributed by atoms with Crippen molar-refractivity contribution in [2.24, 2.45) is 0 Å². The van der Waals surface area contributed by atoms with Gasteiger partial charge in [0.05, 0.1) is 31.2 Å². The molecule has 1 aromatic rings. The van der Waals surface area contributed by atoms with E-state index in [9.17, 15) is 9.59 Å². The lowest BCUT2D eigenvalue weighted by molar-refractivity contribution is 0.0692. The maximum absolute atomic E-state index is 11.3. The van der Waals surface area contributed by atoms with Crippen molar-refractivity contribution in [3.63, 3.8) is 0 Å². The Hall–Kier alpha value is -0.480. The van der Waals surface area contributed by atoms with Crippen molar-refractivity contribution in [2.75, 3.05) is 0 Å². The van der Waals surface area contributed by atoms with E-state index in [0.29, 0.717) is 0 Å². The highest BCUT2D eigenvalue weighted by atomic mass is 35.5. The van der Waals surface area contributed by atoms with Crippen LogP contribution in [0, 0.1) is 0 Å². The second kappa shape index (κ2) is 4.80. The van der Waals surface area contributed by atoms with Gasteiger partial charge < -0.3 is 5.11 Å². The van der Waals surface area contributed by atoms with E-state index in [4.69, 9.17) is 51.5 Å². The molecule has 0 aromatic heterocycles. The summed E-state index contributed by atoms with van der Waals surface area (Å²) < 4.78 is 0. The fourth-order valence-corrected chi connectivity index (χ4v) is 2.23. The minimum atomic E-state index is -1.39. The molecule has 0 bridgehead atoms. The quantitative estimate of drug-likeness (QED) is 0.506. The summed E-state index contributed by atoms with van der Waals surface area (Å²) in [5.41, 5.74) is -0.679. The summed E-state index contributed by atoms with van der Waals surface area (Å²) >= 11 is 22.9. The van der Waals surface area contributed by atoms with Gasteiger partial charge in [0.15, 0.2) is 5.78 Å². The third-order valence-electron chi connectivity index (χ3n) is 1.83. The summed E-state index contributed by atoms with van der Waals surface area (Å²) in [6.45, 7) is 1.16. The highest BCUT2D eigenvalue weighted by molar-refractivity contribution is 6.54. The molecule has 3 nitrogen and oxygen atoms in total. The van der Waals surface area contributed by atoms with Gasteiger partial charge in [-0.3, -0.25) is 4.79 Å². The molecule has 0 radical (unpaired) electrons. The Morgan fingerprint density at radius 1 is 0.875 bits per heavy atom. The van der Waals surface area contributed by atoms with Crippen LogP contribution >= 0.6 is 46.4 Å². The van der Waals surface area contributed by atoms with Crippen LogP contribution in [-0.4, -0.2) is 16.9 Å². The lowest BCUT2D eigenvalue weighted by Crippen LogP contribution is -2.09. The number of carbonyl (C=O) groups is 2. The van der Waals surface area contributed by atoms with Crippen LogP contribution in [0.1, 0.15) is 27.6 Å². The first-order valence-corrected chi connectivity index (χ1v) is 5.40. The van der Waals surface area contributed by atoms with Crippen LogP contribution in [0.25, 0.3) is 0 Å². The number of aromatic carboxylic acids is 1. The molecule has 0 atom stereocenters. The molecule has 0 spiro atoms. The van der Waals surface area contributed by atoms with E-state index in [-0.39, 0.29) is 25.7 Å². The topological polar surface area (TPSA) is 54.4 Å². The fourth-order valence-electron chi connectivity index (χ4n) is 1.16. The van der Waals surface area contributed by atoms with Gasteiger partial charge in [0.2, 0.25) is 0 Å². The van der Waals surface area contributed by atoms with Crippen LogP contribution in [0.4, 0.5) is 0 Å². The van der Waals surface area contributed by atoms with Gasteiger partial charge in [0, 0.05) is 0 Å². The van der Waals surface area contributed by atoms with Crippen LogP contribution in [0.5, 0.6) is 0 Å². The van der Waals surface area contributed by atoms with Gasteiger partial charge in [-0.25, -0.2) is 4.79 Å². The standard InChI is InChI=1S/C9H4Cl4O3/c1-2(14)3-4(9(15)16)6(11)8(13)7(12)5(3)10/h1H3,(H,15,16). The van der Waals surface area contributed by atoms with Crippen molar-refractivity contribution < 1.29 is 14.7 Å². The number of halogens is 4. The summed E-state index contributed by atoms with van der Waals surface area (Å²) in [5.74, 6) is -1.95. The highest BCUT2D eigenvalue weighted by Crippen LogP contribution is 2.41. The smallest absolute Gasteiger partial charge is 0.338 e. The number of Topliss-reactive ketones (excluding diaryl/α,β-unsaturated/α-hetero) is 1. The van der Waals surface area contributed by atoms with Gasteiger partial charge in [0.25, 0.3) is 0 Å². The lowest BCUT2D eigenvalue weighted by atomic mass is 10.0. The first-order chi connectivity index (χ1) is 7.29. The number of carboxylic acid groups (broad SMARTS) is 1. The Bertz CT molecular complexity index is 451. The Labute approximate surface area is 111 Å². The first kappa shape index (κ1) is 13.6. The lowest BCUT2D eigenvalue weighted by Gasteiger charge is -2.11. The number of hydrogen-bond donors (Lipinski definition) is 1. The Morgan fingerprint density at radius 2 is 1.25 bits per heavy atom. The molecular formula is C9H4Cl4O3. The number of hydrogen-bond acceptors (Lipinski definition) is 2. The normalized spacial score (nSPS) is 10.3. The van der Waals surface area contributed by atoms with Gasteiger partial charge in [-0.15, -0.1) is 0 Å². The monoisotopic (exact) mass is 300 g/mol. The summed E-state index contributed by atoms with van der Waals surface area (Å²) in [5, 5.41) is 8.11. The molecular weight excluding hydrogens is 298 g/mol. The van der Waals surface area contributed by atoms with Crippen LogP contribution in [0.2, 0.25) is 20.1 Å². The largest absolute Gasteiger partial charge is 0.478 e. The van der Waals surface area contributed by atoms with Crippen LogP contribution in [0.3, 0.4) is 0 Å².